The summed E-state index contributed by atoms with van der Waals surface area (Å²) in [5.74, 6) is 0. The smallest absolute Gasteiger partial charge is 0.0821 e. The normalized spacial score (nSPS) is 8.20. The van der Waals surface area contributed by atoms with E-state index in [0.29, 0.717) is 0 Å². The number of hydrogen-bond donors (Lipinski definition) is 1. The highest BCUT2D eigenvalue weighted by Gasteiger charge is 1.59. The molecular weight excluding hydrogens is 187 g/mol. The third-order valence-electron chi connectivity index (χ3n) is 0.0727. The molecule has 0 aliphatic carbocycles. The maximum Gasteiger partial charge on any atom is 0.0821 e. The van der Waals surface area contributed by atoms with Crippen molar-refractivity contribution in [3.8, 4) is 0 Å². The van der Waals surface area contributed by atoms with Gasteiger partial charge in [0, 0.05) is 0 Å². The quantitative estimate of drug-likeness (QED) is 0.396. The van der Waals surface area contributed by atoms with Gasteiger partial charge in [-0.1, -0.05) is 5.04 Å². The van der Waals surface area contributed by atoms with Crippen molar-refractivity contribution in [2.75, 3.05) is 0 Å². The topological polar surface area (TPSA) is 38.7 Å². The van der Waals surface area contributed by atoms with E-state index in [0.717, 1.165) is 0 Å². The first-order valence-electron chi connectivity index (χ1n) is 0.771. The molecule has 5 heavy (non-hydrogen) atoms. The molecule has 0 aromatic rings. The molecule has 0 fully saturated rings. The van der Waals surface area contributed by atoms with Crippen LogP contribution in [0.2, 0.25) is 0 Å². The highest BCUT2D eigenvalue weighted by Crippen LogP contribution is 1.89. The van der Waals surface area contributed by atoms with Crippen LogP contribution in [-0.2, 0) is 8.26 Å². The summed E-state index contributed by atoms with van der Waals surface area (Å²) in [4.78, 5) is 0. The molecule has 0 spiro atoms. The first kappa shape index (κ1) is 5.48. The zero-order valence-corrected chi connectivity index (χ0v) is 4.51. The molecule has 0 aliphatic heterocycles. The Bertz CT molecular complexity index is 28.1. The summed E-state index contributed by atoms with van der Waals surface area (Å²) < 4.78 is 7.17. The molecule has 0 amide bonds. The van der Waals surface area contributed by atoms with E-state index in [1.54, 1.807) is 0 Å². The standard InChI is InChI=1S/CH3IO3/c1-2-4-5-3/h3H,1H2. The van der Waals surface area contributed by atoms with E-state index in [1.165, 1.54) is 0 Å². The van der Waals surface area contributed by atoms with E-state index in [4.69, 9.17) is 5.26 Å². The number of halogens is 1. The summed E-state index contributed by atoms with van der Waals surface area (Å²) in [5, 5.41) is 10.5. The van der Waals surface area contributed by atoms with E-state index < -0.39 is 21.1 Å². The SMILES string of the molecule is C=IOOO. The maximum absolute atomic E-state index is 7.33. The lowest BCUT2D eigenvalue weighted by molar-refractivity contribution is -0.417. The summed E-state index contributed by atoms with van der Waals surface area (Å²) in [6, 6.07) is 0. The van der Waals surface area contributed by atoms with Gasteiger partial charge in [-0.2, -0.15) is 0 Å². The van der Waals surface area contributed by atoms with Crippen LogP contribution in [-0.4, -0.2) is 9.77 Å². The van der Waals surface area contributed by atoms with Crippen molar-refractivity contribution in [1.29, 1.82) is 0 Å². The second kappa shape index (κ2) is 4.48. The van der Waals surface area contributed by atoms with Gasteiger partial charge in [0.1, 0.15) is 0 Å². The molecular formula is CH3IO3. The largest absolute Gasteiger partial charge is 0.220 e. The average molecular weight is 190 g/mol. The van der Waals surface area contributed by atoms with Crippen LogP contribution in [0.5, 0.6) is 0 Å². The van der Waals surface area contributed by atoms with Crippen LogP contribution in [0.4, 0.5) is 0 Å². The fourth-order valence-corrected chi connectivity index (χ4v) is 0.134. The van der Waals surface area contributed by atoms with Crippen molar-refractivity contribution >= 4 is 25.7 Å². The lowest BCUT2D eigenvalue weighted by atomic mass is 12.0. The Labute approximate surface area is 39.7 Å². The van der Waals surface area contributed by atoms with Crippen LogP contribution in [0.1, 0.15) is 0 Å². The summed E-state index contributed by atoms with van der Waals surface area (Å²) in [6.45, 7) is 0. The molecule has 32 valence electrons. The Morgan fingerprint density at radius 1 is 1.80 bits per heavy atom. The molecule has 0 saturated heterocycles. The van der Waals surface area contributed by atoms with Crippen LogP contribution in [0.25, 0.3) is 0 Å². The minimum absolute atomic E-state index is 0.615. The van der Waals surface area contributed by atoms with Crippen molar-refractivity contribution in [3.63, 3.8) is 0 Å². The lowest BCUT2D eigenvalue weighted by Crippen LogP contribution is -1.67. The molecule has 0 aliphatic rings. The second-order valence-corrected chi connectivity index (χ2v) is 1.23. The van der Waals surface area contributed by atoms with Crippen LogP contribution in [0.15, 0.2) is 0 Å². The molecule has 0 atom stereocenters. The van der Waals surface area contributed by atoms with Gasteiger partial charge in [-0.3, -0.25) is 0 Å². The first-order valence-corrected chi connectivity index (χ1v) is 3.18. The number of hydrogen-bond acceptors (Lipinski definition) is 3. The lowest BCUT2D eigenvalue weighted by Gasteiger charge is -1.75. The van der Waals surface area contributed by atoms with Crippen LogP contribution >= 0.6 is 21.1 Å². The van der Waals surface area contributed by atoms with Crippen molar-refractivity contribution in [2.45, 2.75) is 0 Å². The summed E-state index contributed by atoms with van der Waals surface area (Å²) in [7, 11) is 0. The molecule has 0 heterocycles. The Morgan fingerprint density at radius 2 is 2.40 bits per heavy atom. The molecule has 0 aromatic carbocycles. The molecule has 3 nitrogen and oxygen atoms in total. The Hall–Kier alpha value is 0.480. The van der Waals surface area contributed by atoms with Gasteiger partial charge < -0.3 is 0 Å². The molecule has 4 heteroatoms. The zero-order chi connectivity index (χ0) is 4.12. The van der Waals surface area contributed by atoms with E-state index >= 15 is 0 Å². The molecule has 0 saturated carbocycles. The van der Waals surface area contributed by atoms with Gasteiger partial charge in [0.2, 0.25) is 0 Å². The van der Waals surface area contributed by atoms with Gasteiger partial charge >= 0.3 is 0 Å². The monoisotopic (exact) mass is 190 g/mol. The molecule has 1 N–H and O–H groups in total. The number of rotatable bonds is 2. The van der Waals surface area contributed by atoms with Gasteiger partial charge in [-0.15, -0.1) is 3.22 Å². The van der Waals surface area contributed by atoms with Crippen molar-refractivity contribution in [1.82, 2.24) is 0 Å². The van der Waals surface area contributed by atoms with Crippen LogP contribution < -0.4 is 0 Å². The van der Waals surface area contributed by atoms with Gasteiger partial charge in [0.25, 0.3) is 0 Å². The molecule has 0 rings (SSSR count). The Balaban J connectivity index is 2.40. The maximum atomic E-state index is 7.33. The first-order chi connectivity index (χ1) is 2.41. The molecule has 0 aromatic heterocycles. The molecule has 0 unspecified atom stereocenters. The average Bonchev–Trinajstić information content (AvgIpc) is 1.41. The highest BCUT2D eigenvalue weighted by molar-refractivity contribution is 14.2. The third kappa shape index (κ3) is 4.48. The van der Waals surface area contributed by atoms with Gasteiger partial charge in [-0.25, -0.2) is 5.26 Å². The van der Waals surface area contributed by atoms with Crippen LogP contribution in [0.3, 0.4) is 0 Å². The van der Waals surface area contributed by atoms with Crippen LogP contribution in [0, 0.1) is 0 Å². The predicted molar refractivity (Wildman–Crippen MR) is 25.9 cm³/mol. The summed E-state index contributed by atoms with van der Waals surface area (Å²) in [5.41, 5.74) is 0. The summed E-state index contributed by atoms with van der Waals surface area (Å²) >= 11 is -0.615. The Morgan fingerprint density at radius 3 is 2.40 bits per heavy atom. The van der Waals surface area contributed by atoms with Gasteiger partial charge in [0.15, 0.2) is 0 Å². The van der Waals surface area contributed by atoms with E-state index in [9.17, 15) is 0 Å². The predicted octanol–water partition coefficient (Wildman–Crippen LogP) is 0.725. The van der Waals surface area contributed by atoms with E-state index in [-0.39, 0.29) is 0 Å². The van der Waals surface area contributed by atoms with Crippen molar-refractivity contribution in [3.05, 3.63) is 0 Å². The summed E-state index contributed by atoms with van der Waals surface area (Å²) in [6.07, 6.45) is 0. The van der Waals surface area contributed by atoms with Crippen molar-refractivity contribution in [2.24, 2.45) is 0 Å². The van der Waals surface area contributed by atoms with Gasteiger partial charge in [0.05, 0.1) is 21.1 Å². The fraction of sp³-hybridized carbons (Fsp3) is 0. The fourth-order valence-electron chi connectivity index (χ4n) is 0.0199. The van der Waals surface area contributed by atoms with E-state index in [1.807, 2.05) is 0 Å². The van der Waals surface area contributed by atoms with Crippen molar-refractivity contribution < 1.29 is 13.5 Å². The highest BCUT2D eigenvalue weighted by atomic mass is 127. The minimum Gasteiger partial charge on any atom is -0.220 e. The van der Waals surface area contributed by atoms with E-state index in [2.05, 4.69) is 12.8 Å². The Kier molecular flexibility index (Phi) is 4.91. The second-order valence-electron chi connectivity index (χ2n) is 0.247. The molecule has 0 bridgehead atoms. The third-order valence-corrected chi connectivity index (χ3v) is 0.488. The minimum atomic E-state index is -0.615. The molecule has 0 radical (unpaired) electrons. The zero-order valence-electron chi connectivity index (χ0n) is 2.35. The van der Waals surface area contributed by atoms with Gasteiger partial charge in [-0.05, 0) is 4.51 Å².